The standard InChI is InChI=1S/C17H18N6OS/c24-16(13-8-11-25-12-13)18-14-6-9-22(10-7-14)17-19-20-21-23(17)15-4-2-1-3-5-15/h1-5,8,11-12,14H,6-7,9-10H2,(H,18,24). The van der Waals surface area contributed by atoms with Gasteiger partial charge in [0.05, 0.1) is 5.69 Å². The molecular weight excluding hydrogens is 336 g/mol. The minimum atomic E-state index is 0.00817. The predicted octanol–water partition coefficient (Wildman–Crippen LogP) is 2.12. The number of nitrogens with one attached hydrogen (secondary N) is 1. The Morgan fingerprint density at radius 1 is 1.16 bits per heavy atom. The largest absolute Gasteiger partial charge is 0.349 e. The van der Waals surface area contributed by atoms with Gasteiger partial charge >= 0.3 is 0 Å². The highest BCUT2D eigenvalue weighted by Crippen LogP contribution is 2.20. The second-order valence-corrected chi connectivity index (χ2v) is 6.75. The van der Waals surface area contributed by atoms with Gasteiger partial charge in [-0.2, -0.15) is 16.0 Å². The Morgan fingerprint density at radius 2 is 1.96 bits per heavy atom. The molecular formula is C17H18N6OS. The molecule has 128 valence electrons. The van der Waals surface area contributed by atoms with Gasteiger partial charge in [-0.3, -0.25) is 4.79 Å². The molecule has 0 atom stereocenters. The lowest BCUT2D eigenvalue weighted by Crippen LogP contribution is -2.45. The van der Waals surface area contributed by atoms with E-state index >= 15 is 0 Å². The molecule has 25 heavy (non-hydrogen) atoms. The number of aromatic nitrogens is 4. The summed E-state index contributed by atoms with van der Waals surface area (Å²) in [7, 11) is 0. The SMILES string of the molecule is O=C(NC1CCN(c2nnnn2-c2ccccc2)CC1)c1ccsc1. The van der Waals surface area contributed by atoms with Crippen LogP contribution in [0, 0.1) is 0 Å². The van der Waals surface area contributed by atoms with Crippen LogP contribution in [-0.2, 0) is 0 Å². The monoisotopic (exact) mass is 354 g/mol. The third-order valence-corrected chi connectivity index (χ3v) is 5.03. The van der Waals surface area contributed by atoms with Crippen LogP contribution in [0.5, 0.6) is 0 Å². The van der Waals surface area contributed by atoms with E-state index in [-0.39, 0.29) is 11.9 Å². The molecule has 1 fully saturated rings. The van der Waals surface area contributed by atoms with Crippen molar-refractivity contribution < 1.29 is 4.79 Å². The number of hydrogen-bond donors (Lipinski definition) is 1. The molecule has 1 saturated heterocycles. The van der Waals surface area contributed by atoms with Crippen LogP contribution in [-0.4, -0.2) is 45.2 Å². The molecule has 1 aliphatic heterocycles. The Hall–Kier alpha value is -2.74. The topological polar surface area (TPSA) is 75.9 Å². The van der Waals surface area contributed by atoms with Crippen LogP contribution < -0.4 is 10.2 Å². The maximum absolute atomic E-state index is 12.2. The second kappa shape index (κ2) is 7.02. The first kappa shape index (κ1) is 15.8. The summed E-state index contributed by atoms with van der Waals surface area (Å²) in [4.78, 5) is 14.3. The van der Waals surface area contributed by atoms with Crippen LogP contribution in [0.3, 0.4) is 0 Å². The van der Waals surface area contributed by atoms with E-state index in [1.54, 1.807) is 4.68 Å². The molecule has 8 heteroatoms. The zero-order chi connectivity index (χ0) is 17.1. The van der Waals surface area contributed by atoms with Crippen molar-refractivity contribution in [1.29, 1.82) is 0 Å². The smallest absolute Gasteiger partial charge is 0.252 e. The Labute approximate surface area is 149 Å². The van der Waals surface area contributed by atoms with Crippen LogP contribution in [0.1, 0.15) is 23.2 Å². The Morgan fingerprint density at radius 3 is 2.68 bits per heavy atom. The van der Waals surface area contributed by atoms with E-state index in [4.69, 9.17) is 0 Å². The predicted molar refractivity (Wildman–Crippen MR) is 96.2 cm³/mol. The van der Waals surface area contributed by atoms with E-state index in [1.165, 1.54) is 11.3 Å². The molecule has 1 aliphatic rings. The lowest BCUT2D eigenvalue weighted by Gasteiger charge is -2.32. The number of tetrazole rings is 1. The highest BCUT2D eigenvalue weighted by Gasteiger charge is 2.25. The van der Waals surface area contributed by atoms with Crippen LogP contribution in [0.4, 0.5) is 5.95 Å². The molecule has 3 aromatic rings. The fourth-order valence-electron chi connectivity index (χ4n) is 3.00. The molecule has 3 heterocycles. The van der Waals surface area contributed by atoms with Gasteiger partial charge in [0.2, 0.25) is 5.95 Å². The van der Waals surface area contributed by atoms with E-state index in [9.17, 15) is 4.79 Å². The Kier molecular flexibility index (Phi) is 4.43. The van der Waals surface area contributed by atoms with Crippen LogP contribution >= 0.6 is 11.3 Å². The highest BCUT2D eigenvalue weighted by atomic mass is 32.1. The number of carbonyl (C=O) groups is 1. The van der Waals surface area contributed by atoms with Gasteiger partial charge in [-0.15, -0.1) is 0 Å². The zero-order valence-electron chi connectivity index (χ0n) is 13.6. The molecule has 2 aromatic heterocycles. The third-order valence-electron chi connectivity index (χ3n) is 4.35. The van der Waals surface area contributed by atoms with E-state index in [1.807, 2.05) is 47.2 Å². The number of nitrogens with zero attached hydrogens (tertiary/aromatic N) is 5. The Balaban J connectivity index is 1.40. The minimum absolute atomic E-state index is 0.00817. The van der Waals surface area contributed by atoms with Gasteiger partial charge in [0.25, 0.3) is 5.91 Å². The number of para-hydroxylation sites is 1. The number of piperidine rings is 1. The van der Waals surface area contributed by atoms with E-state index in [0.29, 0.717) is 0 Å². The van der Waals surface area contributed by atoms with Crippen LogP contribution in [0.25, 0.3) is 5.69 Å². The van der Waals surface area contributed by atoms with Gasteiger partial charge in [-0.1, -0.05) is 23.3 Å². The van der Waals surface area contributed by atoms with E-state index in [0.717, 1.165) is 43.1 Å². The number of benzene rings is 1. The molecule has 7 nitrogen and oxygen atoms in total. The number of carbonyl (C=O) groups excluding carboxylic acids is 1. The quantitative estimate of drug-likeness (QED) is 0.777. The summed E-state index contributed by atoms with van der Waals surface area (Å²) in [6.45, 7) is 1.61. The van der Waals surface area contributed by atoms with Gasteiger partial charge in [0.15, 0.2) is 0 Å². The maximum atomic E-state index is 12.2. The first-order valence-corrected chi connectivity index (χ1v) is 9.17. The van der Waals surface area contributed by atoms with Gasteiger partial charge in [-0.25, -0.2) is 0 Å². The number of hydrogen-bond acceptors (Lipinski definition) is 6. The van der Waals surface area contributed by atoms with Crippen LogP contribution in [0.2, 0.25) is 0 Å². The van der Waals surface area contributed by atoms with Crippen molar-refractivity contribution in [2.75, 3.05) is 18.0 Å². The van der Waals surface area contributed by atoms with Crippen molar-refractivity contribution in [3.05, 3.63) is 52.7 Å². The van der Waals surface area contributed by atoms with Crippen LogP contribution in [0.15, 0.2) is 47.2 Å². The molecule has 1 aromatic carbocycles. The molecule has 1 N–H and O–H groups in total. The first-order valence-electron chi connectivity index (χ1n) is 8.23. The van der Waals surface area contributed by atoms with Crippen molar-refractivity contribution in [3.63, 3.8) is 0 Å². The molecule has 0 saturated carbocycles. The van der Waals surface area contributed by atoms with Gasteiger partial charge in [0.1, 0.15) is 0 Å². The summed E-state index contributed by atoms with van der Waals surface area (Å²) in [6, 6.07) is 11.9. The molecule has 1 amide bonds. The van der Waals surface area contributed by atoms with E-state index < -0.39 is 0 Å². The highest BCUT2D eigenvalue weighted by molar-refractivity contribution is 7.08. The number of rotatable bonds is 4. The second-order valence-electron chi connectivity index (χ2n) is 5.97. The van der Waals surface area contributed by atoms with Gasteiger partial charge < -0.3 is 10.2 Å². The summed E-state index contributed by atoms with van der Waals surface area (Å²) in [5.74, 6) is 0.752. The van der Waals surface area contributed by atoms with Crippen molar-refractivity contribution in [2.24, 2.45) is 0 Å². The minimum Gasteiger partial charge on any atom is -0.349 e. The fourth-order valence-corrected chi connectivity index (χ4v) is 3.64. The average molecular weight is 354 g/mol. The lowest BCUT2D eigenvalue weighted by molar-refractivity contribution is 0.0931. The lowest BCUT2D eigenvalue weighted by atomic mass is 10.0. The van der Waals surface area contributed by atoms with Crippen molar-refractivity contribution in [2.45, 2.75) is 18.9 Å². The summed E-state index contributed by atoms with van der Waals surface area (Å²) < 4.78 is 1.75. The number of thiophene rings is 1. The molecule has 0 unspecified atom stereocenters. The van der Waals surface area contributed by atoms with Gasteiger partial charge in [0, 0.05) is 30.1 Å². The number of anilines is 1. The van der Waals surface area contributed by atoms with E-state index in [2.05, 4.69) is 25.7 Å². The first-order chi connectivity index (χ1) is 12.3. The van der Waals surface area contributed by atoms with Crippen molar-refractivity contribution >= 4 is 23.2 Å². The van der Waals surface area contributed by atoms with Crippen molar-refractivity contribution in [1.82, 2.24) is 25.5 Å². The molecule has 4 rings (SSSR count). The summed E-state index contributed by atoms with van der Waals surface area (Å²) >= 11 is 1.53. The molecule has 0 spiro atoms. The third kappa shape index (κ3) is 3.39. The molecule has 0 radical (unpaired) electrons. The molecule has 0 aliphatic carbocycles. The average Bonchev–Trinajstić information content (AvgIpc) is 3.35. The number of amides is 1. The summed E-state index contributed by atoms with van der Waals surface area (Å²) in [6.07, 6.45) is 1.75. The maximum Gasteiger partial charge on any atom is 0.252 e. The Bertz CT molecular complexity index is 824. The summed E-state index contributed by atoms with van der Waals surface area (Å²) in [5.41, 5.74) is 1.68. The fraction of sp³-hybridized carbons (Fsp3) is 0.294. The molecule has 0 bridgehead atoms. The summed E-state index contributed by atoms with van der Waals surface area (Å²) in [5, 5.41) is 19.0. The zero-order valence-corrected chi connectivity index (χ0v) is 14.4. The van der Waals surface area contributed by atoms with Gasteiger partial charge in [-0.05, 0) is 46.8 Å². The normalized spacial score (nSPS) is 15.3. The van der Waals surface area contributed by atoms with Crippen molar-refractivity contribution in [3.8, 4) is 5.69 Å².